The van der Waals surface area contributed by atoms with Crippen LogP contribution < -0.4 is 10.6 Å². The number of hydrogen-bond acceptors (Lipinski definition) is 6. The number of aromatic nitrogens is 2. The second-order valence-corrected chi connectivity index (χ2v) is 19.8. The molecule has 2 saturated heterocycles. The second kappa shape index (κ2) is 22.3. The number of fused-ring (bicyclic) bond motifs is 4. The Labute approximate surface area is 400 Å². The Bertz CT molecular complexity index is 2610. The number of nitrogens with one attached hydrogen (secondary N) is 2. The summed E-state index contributed by atoms with van der Waals surface area (Å²) in [6.07, 6.45) is 15.5. The highest BCUT2D eigenvalue weighted by atomic mass is 35.5. The number of halogens is 2. The van der Waals surface area contributed by atoms with Gasteiger partial charge >= 0.3 is 0 Å². The average molecular weight is 924 g/mol. The number of carbonyl (C=O) groups excluding carboxylic acids is 2. The van der Waals surface area contributed by atoms with E-state index in [1.807, 2.05) is 36.4 Å². The van der Waals surface area contributed by atoms with E-state index < -0.39 is 0 Å². The SMILES string of the molecule is O=C(NCC1CCN(CCCc2ccccc2)CC1)c1ccc2c(Cl)c3c(nc2c1)CCCC3.O=C(NCC1CCN(Cc2ccccc2)CC1)c1ccc2c(Cl)c3c(nc2c1)CCCC3. The molecular formula is C56H64Cl2N6O2. The zero-order valence-electron chi connectivity index (χ0n) is 38.3. The van der Waals surface area contributed by atoms with Crippen molar-refractivity contribution in [3.63, 3.8) is 0 Å². The summed E-state index contributed by atoms with van der Waals surface area (Å²) in [5.41, 5.74) is 10.4. The number of benzene rings is 4. The van der Waals surface area contributed by atoms with Gasteiger partial charge in [0.2, 0.25) is 0 Å². The summed E-state index contributed by atoms with van der Waals surface area (Å²) >= 11 is 13.4. The van der Waals surface area contributed by atoms with E-state index >= 15 is 0 Å². The predicted molar refractivity (Wildman–Crippen MR) is 270 cm³/mol. The van der Waals surface area contributed by atoms with Crippen LogP contribution in [-0.4, -0.2) is 77.4 Å². The first-order valence-electron chi connectivity index (χ1n) is 24.7. The van der Waals surface area contributed by atoms with E-state index in [-0.39, 0.29) is 11.8 Å². The van der Waals surface area contributed by atoms with Gasteiger partial charge in [-0.15, -0.1) is 0 Å². The molecule has 66 heavy (non-hydrogen) atoms. The highest BCUT2D eigenvalue weighted by molar-refractivity contribution is 6.36. The molecule has 0 spiro atoms. The Morgan fingerprint density at radius 2 is 1.02 bits per heavy atom. The van der Waals surface area contributed by atoms with E-state index in [0.29, 0.717) is 23.0 Å². The first-order valence-corrected chi connectivity index (χ1v) is 25.4. The van der Waals surface area contributed by atoms with Crippen molar-refractivity contribution in [2.24, 2.45) is 11.8 Å². The van der Waals surface area contributed by atoms with Crippen molar-refractivity contribution < 1.29 is 9.59 Å². The molecule has 6 aromatic rings. The average Bonchev–Trinajstić information content (AvgIpc) is 3.36. The van der Waals surface area contributed by atoms with Crippen molar-refractivity contribution in [2.75, 3.05) is 45.8 Å². The minimum Gasteiger partial charge on any atom is -0.352 e. The van der Waals surface area contributed by atoms with Gasteiger partial charge < -0.3 is 15.5 Å². The fourth-order valence-corrected chi connectivity index (χ4v) is 11.2. The zero-order valence-corrected chi connectivity index (χ0v) is 39.8. The summed E-state index contributed by atoms with van der Waals surface area (Å²) in [7, 11) is 0. The first-order chi connectivity index (χ1) is 32.3. The molecule has 2 aromatic heterocycles. The number of carbonyl (C=O) groups is 2. The van der Waals surface area contributed by atoms with Crippen LogP contribution in [-0.2, 0) is 38.6 Å². The summed E-state index contributed by atoms with van der Waals surface area (Å²) in [6, 6.07) is 32.8. The van der Waals surface area contributed by atoms with Crippen molar-refractivity contribution in [1.82, 2.24) is 30.4 Å². The molecule has 2 aliphatic carbocycles. The Kier molecular flexibility index (Phi) is 15.6. The van der Waals surface area contributed by atoms with Crippen molar-refractivity contribution in [1.29, 1.82) is 0 Å². The van der Waals surface area contributed by atoms with Crippen molar-refractivity contribution >= 4 is 56.8 Å². The molecule has 0 saturated carbocycles. The summed E-state index contributed by atoms with van der Waals surface area (Å²) in [4.78, 5) is 40.5. The molecule has 344 valence electrons. The molecule has 10 rings (SSSR count). The molecule has 4 heterocycles. The quantitative estimate of drug-likeness (QED) is 0.127. The van der Waals surface area contributed by atoms with Gasteiger partial charge in [-0.05, 0) is 181 Å². The minimum atomic E-state index is -0.0192. The van der Waals surface area contributed by atoms with Gasteiger partial charge in [-0.1, -0.05) is 96.0 Å². The topological polar surface area (TPSA) is 90.5 Å². The number of nitrogens with zero attached hydrogens (tertiary/aromatic N) is 4. The fourth-order valence-electron chi connectivity index (χ4n) is 10.5. The van der Waals surface area contributed by atoms with Crippen LogP contribution in [0.25, 0.3) is 21.8 Å². The van der Waals surface area contributed by atoms with Crippen LogP contribution in [0.15, 0.2) is 97.1 Å². The number of hydrogen-bond donors (Lipinski definition) is 2. The molecule has 2 N–H and O–H groups in total. The maximum absolute atomic E-state index is 12.9. The van der Waals surface area contributed by atoms with Gasteiger partial charge in [0, 0.05) is 52.9 Å². The van der Waals surface area contributed by atoms with E-state index in [4.69, 9.17) is 33.2 Å². The summed E-state index contributed by atoms with van der Waals surface area (Å²) in [5.74, 6) is 1.05. The van der Waals surface area contributed by atoms with Gasteiger partial charge in [0.15, 0.2) is 0 Å². The molecule has 8 nitrogen and oxygen atoms in total. The van der Waals surface area contributed by atoms with Crippen LogP contribution in [0.5, 0.6) is 0 Å². The third-order valence-electron chi connectivity index (χ3n) is 14.5. The lowest BCUT2D eigenvalue weighted by molar-refractivity contribution is 0.0928. The highest BCUT2D eigenvalue weighted by Gasteiger charge is 2.23. The lowest BCUT2D eigenvalue weighted by atomic mass is 9.94. The molecule has 10 heteroatoms. The second-order valence-electron chi connectivity index (χ2n) is 19.1. The largest absolute Gasteiger partial charge is 0.352 e. The van der Waals surface area contributed by atoms with E-state index in [9.17, 15) is 9.59 Å². The Balaban J connectivity index is 0.000000166. The van der Waals surface area contributed by atoms with Crippen molar-refractivity contribution in [3.8, 4) is 0 Å². The molecule has 0 atom stereocenters. The number of amides is 2. The van der Waals surface area contributed by atoms with Gasteiger partial charge in [-0.3, -0.25) is 24.5 Å². The number of aryl methyl sites for hydroxylation is 3. The molecule has 0 bridgehead atoms. The van der Waals surface area contributed by atoms with Crippen molar-refractivity contribution in [2.45, 2.75) is 96.4 Å². The minimum absolute atomic E-state index is 0.0113. The van der Waals surface area contributed by atoms with Crippen molar-refractivity contribution in [3.05, 3.63) is 152 Å². The molecular weight excluding hydrogens is 860 g/mol. The van der Waals surface area contributed by atoms with Gasteiger partial charge in [0.1, 0.15) is 0 Å². The number of likely N-dealkylation sites (tertiary alicyclic amines) is 2. The van der Waals surface area contributed by atoms with Crippen LogP contribution in [0.3, 0.4) is 0 Å². The molecule has 4 aliphatic rings. The highest BCUT2D eigenvalue weighted by Crippen LogP contribution is 2.35. The van der Waals surface area contributed by atoms with Crippen LogP contribution >= 0.6 is 23.2 Å². The molecule has 4 aromatic carbocycles. The van der Waals surface area contributed by atoms with Gasteiger partial charge in [-0.2, -0.15) is 0 Å². The summed E-state index contributed by atoms with van der Waals surface area (Å²) < 4.78 is 0. The monoisotopic (exact) mass is 922 g/mol. The normalized spacial score (nSPS) is 17.1. The van der Waals surface area contributed by atoms with Crippen LogP contribution in [0, 0.1) is 11.8 Å². The predicted octanol–water partition coefficient (Wildman–Crippen LogP) is 11.3. The van der Waals surface area contributed by atoms with E-state index in [2.05, 4.69) is 81.1 Å². The lowest BCUT2D eigenvalue weighted by Gasteiger charge is -2.32. The summed E-state index contributed by atoms with van der Waals surface area (Å²) in [6.45, 7) is 8.05. The van der Waals surface area contributed by atoms with E-state index in [1.165, 1.54) is 41.5 Å². The molecule has 2 amide bonds. The Morgan fingerprint density at radius 1 is 0.561 bits per heavy atom. The molecule has 2 aliphatic heterocycles. The maximum atomic E-state index is 12.9. The number of pyridine rings is 2. The molecule has 2 fully saturated rings. The van der Waals surface area contributed by atoms with E-state index in [1.54, 1.807) is 0 Å². The number of piperidine rings is 2. The fraction of sp³-hybridized carbons (Fsp3) is 0.429. The van der Waals surface area contributed by atoms with Crippen LogP contribution in [0.2, 0.25) is 10.0 Å². The van der Waals surface area contributed by atoms with E-state index in [0.717, 1.165) is 166 Å². The summed E-state index contributed by atoms with van der Waals surface area (Å²) in [5, 5.41) is 9.88. The Hall–Kier alpha value is -4.86. The smallest absolute Gasteiger partial charge is 0.251 e. The molecule has 0 unspecified atom stereocenters. The van der Waals surface area contributed by atoms with Gasteiger partial charge in [0.05, 0.1) is 21.1 Å². The number of rotatable bonds is 12. The first kappa shape index (κ1) is 46.3. The van der Waals surface area contributed by atoms with Crippen LogP contribution in [0.1, 0.15) is 112 Å². The zero-order chi connectivity index (χ0) is 45.2. The maximum Gasteiger partial charge on any atom is 0.251 e. The van der Waals surface area contributed by atoms with Gasteiger partial charge in [-0.25, -0.2) is 0 Å². The van der Waals surface area contributed by atoms with Crippen LogP contribution in [0.4, 0.5) is 0 Å². The van der Waals surface area contributed by atoms with Gasteiger partial charge in [0.25, 0.3) is 11.8 Å². The third kappa shape index (κ3) is 11.6. The lowest BCUT2D eigenvalue weighted by Crippen LogP contribution is -2.39. The third-order valence-corrected chi connectivity index (χ3v) is 15.3. The molecule has 0 radical (unpaired) electrons. The Morgan fingerprint density at radius 3 is 1.52 bits per heavy atom. The standard InChI is InChI=1S/C29H34ClN3O.C27H30ClN3O/c30-28-24-10-4-5-11-26(24)32-27-19-23(12-13-25(27)28)29(34)31-20-22-14-17-33(18-15-22)16-6-9-21-7-2-1-3-8-21;28-26-22-8-4-5-9-24(22)30-25-16-21(10-11-23(25)26)27(32)29-17-19-12-14-31(15-13-19)18-20-6-2-1-3-7-20/h1-3,7-8,12-13,19,22H,4-6,9-11,14-18,20H2,(H,31,34);1-3,6-7,10-11,16,19H,4-5,8-9,12-15,17-18H2,(H,29,32).